The molecule has 6 heteroatoms. The Bertz CT molecular complexity index is 1340. The Morgan fingerprint density at radius 1 is 1.04 bits per heavy atom. The van der Waals surface area contributed by atoms with Gasteiger partial charge in [0.1, 0.15) is 0 Å². The molecule has 1 aliphatic carbocycles. The zero-order valence-electron chi connectivity index (χ0n) is 14.9. The molecular formula is C22H16ClN3O2. The van der Waals surface area contributed by atoms with Gasteiger partial charge >= 0.3 is 5.69 Å². The third-order valence-corrected chi connectivity index (χ3v) is 5.46. The second-order valence-corrected chi connectivity index (χ2v) is 7.47. The van der Waals surface area contributed by atoms with Gasteiger partial charge in [0.25, 0.3) is 5.56 Å². The second kappa shape index (κ2) is 6.46. The van der Waals surface area contributed by atoms with Gasteiger partial charge in [0.05, 0.1) is 22.8 Å². The molecule has 0 radical (unpaired) electrons. The van der Waals surface area contributed by atoms with Crippen molar-refractivity contribution in [2.45, 2.75) is 18.8 Å². The molecule has 28 heavy (non-hydrogen) atoms. The van der Waals surface area contributed by atoms with E-state index in [4.69, 9.17) is 11.6 Å². The van der Waals surface area contributed by atoms with E-state index in [1.54, 1.807) is 24.5 Å². The number of aromatic nitrogens is 3. The lowest BCUT2D eigenvalue weighted by Crippen LogP contribution is -2.33. The number of rotatable bonds is 3. The highest BCUT2D eigenvalue weighted by Gasteiger charge is 2.24. The second-order valence-electron chi connectivity index (χ2n) is 7.06. The highest BCUT2D eigenvalue weighted by Crippen LogP contribution is 2.40. The van der Waals surface area contributed by atoms with Crippen LogP contribution in [-0.2, 0) is 0 Å². The average Bonchev–Trinajstić information content (AvgIpc) is 3.53. The zero-order chi connectivity index (χ0) is 19.3. The molecule has 0 unspecified atom stereocenters. The van der Waals surface area contributed by atoms with Crippen molar-refractivity contribution in [3.05, 3.63) is 92.3 Å². The van der Waals surface area contributed by atoms with Gasteiger partial charge in [-0.2, -0.15) is 0 Å². The maximum atomic E-state index is 13.1. The molecule has 2 heterocycles. The summed E-state index contributed by atoms with van der Waals surface area (Å²) in [7, 11) is 0. The van der Waals surface area contributed by atoms with Crippen LogP contribution in [0.1, 0.15) is 24.3 Å². The lowest BCUT2D eigenvalue weighted by Gasteiger charge is -2.09. The summed E-state index contributed by atoms with van der Waals surface area (Å²) >= 11 is 6.28. The van der Waals surface area contributed by atoms with Gasteiger partial charge in [0.15, 0.2) is 0 Å². The molecule has 0 atom stereocenters. The van der Waals surface area contributed by atoms with Crippen molar-refractivity contribution in [2.24, 2.45) is 0 Å². The molecule has 1 saturated carbocycles. The number of benzene rings is 2. The number of H-pyrrole nitrogens is 1. The van der Waals surface area contributed by atoms with Gasteiger partial charge in [-0.3, -0.25) is 9.78 Å². The molecule has 2 aromatic carbocycles. The highest BCUT2D eigenvalue weighted by molar-refractivity contribution is 6.33. The van der Waals surface area contributed by atoms with E-state index in [0.717, 1.165) is 34.1 Å². The number of pyridine rings is 1. The Balaban J connectivity index is 1.68. The fourth-order valence-electron chi connectivity index (χ4n) is 3.52. The largest absolute Gasteiger partial charge is 0.333 e. The third kappa shape index (κ3) is 2.84. The number of hydrogen-bond acceptors (Lipinski definition) is 3. The predicted molar refractivity (Wildman–Crippen MR) is 110 cm³/mol. The van der Waals surface area contributed by atoms with Crippen LogP contribution in [0.25, 0.3) is 27.7 Å². The number of fused-ring (bicyclic) bond motifs is 1. The Hall–Kier alpha value is -3.18. The molecule has 5 rings (SSSR count). The van der Waals surface area contributed by atoms with Crippen molar-refractivity contribution < 1.29 is 0 Å². The first-order chi connectivity index (χ1) is 13.6. The molecule has 0 amide bonds. The summed E-state index contributed by atoms with van der Waals surface area (Å²) in [5.74, 6) is 0.487. The summed E-state index contributed by atoms with van der Waals surface area (Å²) in [5.41, 5.74) is 2.88. The van der Waals surface area contributed by atoms with E-state index in [2.05, 4.69) is 9.97 Å². The number of nitrogens with one attached hydrogen (secondary N) is 1. The molecule has 0 aliphatic heterocycles. The van der Waals surface area contributed by atoms with Crippen molar-refractivity contribution in [3.8, 4) is 16.8 Å². The lowest BCUT2D eigenvalue weighted by atomic mass is 10.0. The van der Waals surface area contributed by atoms with Crippen LogP contribution in [0.3, 0.4) is 0 Å². The molecule has 0 spiro atoms. The molecule has 1 fully saturated rings. The minimum Gasteiger partial charge on any atom is -0.306 e. The average molecular weight is 390 g/mol. The topological polar surface area (TPSA) is 67.8 Å². The van der Waals surface area contributed by atoms with Crippen LogP contribution in [0.4, 0.5) is 0 Å². The summed E-state index contributed by atoms with van der Waals surface area (Å²) in [5, 5.41) is 1.05. The first kappa shape index (κ1) is 17.0. The lowest BCUT2D eigenvalue weighted by molar-refractivity contribution is 0.888. The van der Waals surface area contributed by atoms with Crippen molar-refractivity contribution in [1.29, 1.82) is 0 Å². The van der Waals surface area contributed by atoms with Gasteiger partial charge in [-0.25, -0.2) is 9.36 Å². The maximum absolute atomic E-state index is 13.1. The van der Waals surface area contributed by atoms with Gasteiger partial charge in [-0.05, 0) is 54.2 Å². The van der Waals surface area contributed by atoms with Crippen molar-refractivity contribution >= 4 is 22.5 Å². The highest BCUT2D eigenvalue weighted by atomic mass is 35.5. The number of hydrogen-bond donors (Lipinski definition) is 1. The zero-order valence-corrected chi connectivity index (χ0v) is 15.6. The van der Waals surface area contributed by atoms with Crippen molar-refractivity contribution in [1.82, 2.24) is 14.5 Å². The van der Waals surface area contributed by atoms with E-state index in [9.17, 15) is 9.59 Å². The molecule has 1 aliphatic rings. The van der Waals surface area contributed by atoms with Crippen molar-refractivity contribution in [2.75, 3.05) is 0 Å². The Kier molecular flexibility index (Phi) is 3.91. The number of aromatic amines is 1. The molecule has 2 aromatic heterocycles. The van der Waals surface area contributed by atoms with Gasteiger partial charge in [0, 0.05) is 16.8 Å². The smallest absolute Gasteiger partial charge is 0.306 e. The minimum absolute atomic E-state index is 0.362. The van der Waals surface area contributed by atoms with E-state index in [1.807, 2.05) is 36.4 Å². The quantitative estimate of drug-likeness (QED) is 0.569. The fraction of sp³-hybridized carbons (Fsp3) is 0.136. The van der Waals surface area contributed by atoms with E-state index < -0.39 is 5.69 Å². The first-order valence-electron chi connectivity index (χ1n) is 9.11. The molecular weight excluding hydrogens is 374 g/mol. The van der Waals surface area contributed by atoms with Gasteiger partial charge in [0.2, 0.25) is 0 Å². The third-order valence-electron chi connectivity index (χ3n) is 5.13. The number of halogens is 1. The van der Waals surface area contributed by atoms with Crippen LogP contribution < -0.4 is 11.2 Å². The van der Waals surface area contributed by atoms with Crippen LogP contribution in [0.15, 0.2) is 70.5 Å². The van der Waals surface area contributed by atoms with Crippen LogP contribution in [-0.4, -0.2) is 14.5 Å². The summed E-state index contributed by atoms with van der Waals surface area (Å²) in [6.07, 6.45) is 5.60. The SMILES string of the molecule is O=c1[nH]c2cc(-c3ccccc3Cl)ccc2c(=O)n1-c1cncc(C2CC2)c1. The van der Waals surface area contributed by atoms with E-state index >= 15 is 0 Å². The van der Waals surface area contributed by atoms with Crippen LogP contribution >= 0.6 is 11.6 Å². The minimum atomic E-state index is -0.483. The Labute approximate surface area is 165 Å². The molecule has 5 nitrogen and oxygen atoms in total. The predicted octanol–water partition coefficient (Wildman–Crippen LogP) is 4.27. The Morgan fingerprint density at radius 3 is 2.64 bits per heavy atom. The summed E-state index contributed by atoms with van der Waals surface area (Å²) < 4.78 is 1.15. The van der Waals surface area contributed by atoms with E-state index in [-0.39, 0.29) is 5.56 Å². The van der Waals surface area contributed by atoms with Crippen LogP contribution in [0.2, 0.25) is 5.02 Å². The summed E-state index contributed by atoms with van der Waals surface area (Å²) in [6.45, 7) is 0. The van der Waals surface area contributed by atoms with Gasteiger partial charge < -0.3 is 4.98 Å². The van der Waals surface area contributed by atoms with Gasteiger partial charge in [-0.1, -0.05) is 35.9 Å². The standard InChI is InChI=1S/C22H16ClN3O2/c23-19-4-2-1-3-17(19)14-7-8-18-20(10-14)25-22(28)26(21(18)27)16-9-15(11-24-12-16)13-5-6-13/h1-4,7-13H,5-6H2,(H,25,28). The summed E-state index contributed by atoms with van der Waals surface area (Å²) in [6, 6.07) is 14.7. The van der Waals surface area contributed by atoms with E-state index in [1.165, 1.54) is 0 Å². The number of nitrogens with zero attached hydrogens (tertiary/aromatic N) is 2. The first-order valence-corrected chi connectivity index (χ1v) is 9.49. The van der Waals surface area contributed by atoms with Crippen LogP contribution in [0.5, 0.6) is 0 Å². The normalized spacial score (nSPS) is 13.8. The molecule has 0 saturated heterocycles. The molecule has 4 aromatic rings. The fourth-order valence-corrected chi connectivity index (χ4v) is 3.77. The van der Waals surface area contributed by atoms with Crippen LogP contribution in [0, 0.1) is 0 Å². The van der Waals surface area contributed by atoms with Crippen molar-refractivity contribution in [3.63, 3.8) is 0 Å². The molecule has 0 bridgehead atoms. The van der Waals surface area contributed by atoms with Gasteiger partial charge in [-0.15, -0.1) is 0 Å². The monoisotopic (exact) mass is 389 g/mol. The Morgan fingerprint density at radius 2 is 1.86 bits per heavy atom. The molecule has 1 N–H and O–H groups in total. The molecule has 138 valence electrons. The van der Waals surface area contributed by atoms with E-state index in [0.29, 0.717) is 27.5 Å². The summed E-state index contributed by atoms with van der Waals surface area (Å²) in [4.78, 5) is 32.8. The maximum Gasteiger partial charge on any atom is 0.333 e.